The van der Waals surface area contributed by atoms with Gasteiger partial charge in [0.1, 0.15) is 12.4 Å². The zero-order valence-corrected chi connectivity index (χ0v) is 22.4. The number of nitrogens with zero attached hydrogens (tertiary/aromatic N) is 3. The predicted molar refractivity (Wildman–Crippen MR) is 144 cm³/mol. The molecule has 3 aromatic rings. The number of aromatic nitrogens is 1. The fraction of sp³-hybridized carbons (Fsp3) is 0.276. The average molecular weight is 582 g/mol. The van der Waals surface area contributed by atoms with Crippen molar-refractivity contribution in [1.82, 2.24) is 14.8 Å². The maximum Gasteiger partial charge on any atom is 0.471 e. The number of hydrogen-bond acceptors (Lipinski definition) is 5. The second-order valence-electron chi connectivity index (χ2n) is 10.4. The van der Waals surface area contributed by atoms with E-state index in [0.717, 1.165) is 21.6 Å². The molecular formula is C29H26F3N5O5. The molecule has 1 atom stereocenters. The van der Waals surface area contributed by atoms with Gasteiger partial charge in [-0.2, -0.15) is 13.2 Å². The van der Waals surface area contributed by atoms with Crippen LogP contribution in [-0.2, 0) is 45.7 Å². The molecule has 0 saturated carbocycles. The largest absolute Gasteiger partial charge is 0.471 e. The molecule has 13 heteroatoms. The molecule has 1 aromatic heterocycles. The number of anilines is 2. The van der Waals surface area contributed by atoms with Crippen LogP contribution >= 0.6 is 0 Å². The van der Waals surface area contributed by atoms with E-state index in [2.05, 4.69) is 15.6 Å². The number of carbonyl (C=O) groups excluding carboxylic acids is 3. The Kier molecular flexibility index (Phi) is 7.35. The maximum absolute atomic E-state index is 13.5. The number of benzene rings is 2. The summed E-state index contributed by atoms with van der Waals surface area (Å²) in [6.07, 6.45) is -4.08. The molecule has 1 spiro atoms. The summed E-state index contributed by atoms with van der Waals surface area (Å²) in [5, 5.41) is 14.6. The van der Waals surface area contributed by atoms with Gasteiger partial charge in [0.15, 0.2) is 0 Å². The van der Waals surface area contributed by atoms with E-state index < -0.39 is 42.6 Å². The molecule has 2 heterocycles. The minimum atomic E-state index is -5.23. The molecule has 4 amide bonds. The van der Waals surface area contributed by atoms with Gasteiger partial charge in [0.05, 0.1) is 5.41 Å². The van der Waals surface area contributed by atoms with E-state index in [-0.39, 0.29) is 18.0 Å². The molecule has 0 saturated heterocycles. The van der Waals surface area contributed by atoms with Gasteiger partial charge in [-0.25, -0.2) is 9.78 Å². The number of pyridine rings is 1. The van der Waals surface area contributed by atoms with Gasteiger partial charge in [0.2, 0.25) is 11.8 Å². The summed E-state index contributed by atoms with van der Waals surface area (Å²) in [5.74, 6) is -2.72. The lowest BCUT2D eigenvalue weighted by molar-refractivity contribution is -0.186. The summed E-state index contributed by atoms with van der Waals surface area (Å²) >= 11 is 0. The minimum Gasteiger partial charge on any atom is -0.465 e. The number of carbonyl (C=O) groups is 4. The highest BCUT2D eigenvalue weighted by atomic mass is 19.4. The van der Waals surface area contributed by atoms with Gasteiger partial charge in [-0.3, -0.25) is 14.4 Å². The van der Waals surface area contributed by atoms with Crippen LogP contribution in [0.1, 0.15) is 27.8 Å². The van der Waals surface area contributed by atoms with Crippen LogP contribution in [-0.4, -0.2) is 63.5 Å². The average Bonchev–Trinajstić information content (AvgIpc) is 3.45. The van der Waals surface area contributed by atoms with Gasteiger partial charge in [-0.05, 0) is 53.3 Å². The van der Waals surface area contributed by atoms with Crippen LogP contribution < -0.4 is 10.6 Å². The molecular weight excluding hydrogens is 555 g/mol. The van der Waals surface area contributed by atoms with Gasteiger partial charge < -0.3 is 25.5 Å². The number of alkyl halides is 3. The lowest BCUT2D eigenvalue weighted by Gasteiger charge is -2.25. The predicted octanol–water partition coefficient (Wildman–Crippen LogP) is 3.71. The SMILES string of the molecule is CN(Cc1ccccc1CN(CC(=O)Nc1ccc2c(c1)C[C@@]1(C2)C(=O)Nc2ncccc21)C(=O)C(F)(F)F)C(=O)O. The topological polar surface area (TPSA) is 132 Å². The monoisotopic (exact) mass is 581 g/mol. The van der Waals surface area contributed by atoms with Crippen LogP contribution in [0.2, 0.25) is 0 Å². The number of carboxylic acid groups (broad SMARTS) is 1. The lowest BCUT2D eigenvalue weighted by atomic mass is 9.79. The molecule has 1 aliphatic heterocycles. The molecule has 0 unspecified atom stereocenters. The van der Waals surface area contributed by atoms with E-state index >= 15 is 0 Å². The molecule has 10 nitrogen and oxygen atoms in total. The Morgan fingerprint density at radius 2 is 1.71 bits per heavy atom. The van der Waals surface area contributed by atoms with Crippen LogP contribution in [0.15, 0.2) is 60.8 Å². The summed E-state index contributed by atoms with van der Waals surface area (Å²) in [6, 6.07) is 14.8. The van der Waals surface area contributed by atoms with E-state index in [1.54, 1.807) is 48.7 Å². The number of amides is 4. The smallest absolute Gasteiger partial charge is 0.465 e. The highest BCUT2D eigenvalue weighted by molar-refractivity contribution is 6.06. The first kappa shape index (κ1) is 28.6. The van der Waals surface area contributed by atoms with E-state index in [0.29, 0.717) is 34.8 Å². The van der Waals surface area contributed by atoms with Crippen LogP contribution in [0.3, 0.4) is 0 Å². The van der Waals surface area contributed by atoms with Crippen LogP contribution in [0, 0.1) is 0 Å². The van der Waals surface area contributed by atoms with Gasteiger partial charge >= 0.3 is 18.2 Å². The molecule has 2 aliphatic rings. The number of hydrogen-bond donors (Lipinski definition) is 3. The molecule has 0 bridgehead atoms. The summed E-state index contributed by atoms with van der Waals surface area (Å²) in [4.78, 5) is 55.0. The fourth-order valence-electron chi connectivity index (χ4n) is 5.49. The molecule has 1 aliphatic carbocycles. The first-order valence-electron chi connectivity index (χ1n) is 12.9. The van der Waals surface area contributed by atoms with Crippen molar-refractivity contribution in [2.75, 3.05) is 24.2 Å². The van der Waals surface area contributed by atoms with Crippen LogP contribution in [0.25, 0.3) is 0 Å². The van der Waals surface area contributed by atoms with Gasteiger partial charge in [-0.1, -0.05) is 36.4 Å². The zero-order chi connectivity index (χ0) is 30.2. The number of fused-ring (bicyclic) bond motifs is 3. The molecule has 0 fully saturated rings. The molecule has 42 heavy (non-hydrogen) atoms. The second-order valence-corrected chi connectivity index (χ2v) is 10.4. The third kappa shape index (κ3) is 5.49. The number of rotatable bonds is 7. The Morgan fingerprint density at radius 1 is 1.02 bits per heavy atom. The quantitative estimate of drug-likeness (QED) is 0.390. The number of nitrogens with one attached hydrogen (secondary N) is 2. The normalized spacial score (nSPS) is 16.9. The highest BCUT2D eigenvalue weighted by Crippen LogP contribution is 2.46. The van der Waals surface area contributed by atoms with Crippen molar-refractivity contribution in [2.24, 2.45) is 0 Å². The van der Waals surface area contributed by atoms with Gasteiger partial charge in [0.25, 0.3) is 0 Å². The molecule has 0 radical (unpaired) electrons. The summed E-state index contributed by atoms with van der Waals surface area (Å²) < 4.78 is 40.4. The lowest BCUT2D eigenvalue weighted by Crippen LogP contribution is -2.44. The third-order valence-electron chi connectivity index (χ3n) is 7.54. The summed E-state index contributed by atoms with van der Waals surface area (Å²) in [5.41, 5.74) is 2.63. The summed E-state index contributed by atoms with van der Waals surface area (Å²) in [7, 11) is 1.30. The first-order valence-corrected chi connectivity index (χ1v) is 12.9. The van der Waals surface area contributed by atoms with Crippen LogP contribution in [0.5, 0.6) is 0 Å². The van der Waals surface area contributed by atoms with Crippen LogP contribution in [0.4, 0.5) is 29.5 Å². The van der Waals surface area contributed by atoms with Crippen molar-refractivity contribution in [3.8, 4) is 0 Å². The molecule has 5 rings (SSSR count). The number of halogens is 3. The van der Waals surface area contributed by atoms with Crippen molar-refractivity contribution >= 4 is 35.3 Å². The molecule has 2 aromatic carbocycles. The van der Waals surface area contributed by atoms with E-state index in [1.165, 1.54) is 13.1 Å². The van der Waals surface area contributed by atoms with Crippen molar-refractivity contribution in [2.45, 2.75) is 37.5 Å². The molecule has 218 valence electrons. The maximum atomic E-state index is 13.5. The Labute approximate surface area is 238 Å². The summed E-state index contributed by atoms with van der Waals surface area (Å²) in [6.45, 7) is -1.59. The van der Waals surface area contributed by atoms with Gasteiger partial charge in [-0.15, -0.1) is 0 Å². The second kappa shape index (κ2) is 10.8. The fourth-order valence-corrected chi connectivity index (χ4v) is 5.49. The Bertz CT molecular complexity index is 1590. The third-order valence-corrected chi connectivity index (χ3v) is 7.54. The van der Waals surface area contributed by atoms with Crippen molar-refractivity contribution in [3.05, 3.63) is 88.6 Å². The minimum absolute atomic E-state index is 0.124. The zero-order valence-electron chi connectivity index (χ0n) is 22.4. The van der Waals surface area contributed by atoms with E-state index in [4.69, 9.17) is 0 Å². The Balaban J connectivity index is 1.32. The standard InChI is InChI=1S/C29H26F3N5O5/c1-36(27(41)42)14-18-5-2-3-6-19(18)15-37(26(40)29(30,31)32)16-23(38)34-21-9-8-17-12-28(13-20(17)11-21)22-7-4-10-33-24(22)35-25(28)39/h2-11H,12-16H2,1H3,(H,34,38)(H,41,42)(H,33,35,39)/t28-/m1/s1. The Morgan fingerprint density at radius 3 is 2.40 bits per heavy atom. The van der Waals surface area contributed by atoms with Crippen molar-refractivity contribution in [1.29, 1.82) is 0 Å². The van der Waals surface area contributed by atoms with E-state index in [9.17, 15) is 37.5 Å². The molecule has 3 N–H and O–H groups in total. The van der Waals surface area contributed by atoms with E-state index in [1.807, 2.05) is 6.07 Å². The highest BCUT2D eigenvalue weighted by Gasteiger charge is 2.51. The van der Waals surface area contributed by atoms with Crippen molar-refractivity contribution < 1.29 is 37.5 Å². The Hall–Kier alpha value is -4.94. The van der Waals surface area contributed by atoms with Crippen molar-refractivity contribution in [3.63, 3.8) is 0 Å². The first-order chi connectivity index (χ1) is 19.9. The van der Waals surface area contributed by atoms with Gasteiger partial charge in [0, 0.05) is 37.6 Å².